The molecule has 5 nitrogen and oxygen atoms in total. The van der Waals surface area contributed by atoms with Crippen LogP contribution in [0.2, 0.25) is 0 Å². The molecule has 2 unspecified atom stereocenters. The normalized spacial score (nSPS) is 16.5. The van der Waals surface area contributed by atoms with E-state index in [1.165, 1.54) is 11.1 Å². The fourth-order valence-electron chi connectivity index (χ4n) is 5.22. The van der Waals surface area contributed by atoms with Crippen LogP contribution in [0.15, 0.2) is 121 Å². The van der Waals surface area contributed by atoms with Crippen LogP contribution in [0.4, 0.5) is 17.1 Å². The van der Waals surface area contributed by atoms with Gasteiger partial charge < -0.3 is 23.8 Å². The summed E-state index contributed by atoms with van der Waals surface area (Å²) in [5.74, 6) is 1.69. The predicted octanol–water partition coefficient (Wildman–Crippen LogP) is 8.92. The van der Waals surface area contributed by atoms with E-state index in [1.807, 2.05) is 24.3 Å². The number of hydrogen-bond acceptors (Lipinski definition) is 5. The van der Waals surface area contributed by atoms with Crippen molar-refractivity contribution in [2.24, 2.45) is 0 Å². The number of nitrogens with zero attached hydrogens (tertiary/aromatic N) is 1. The molecule has 226 valence electrons. The highest BCUT2D eigenvalue weighted by molar-refractivity contribution is 5.92. The molecule has 0 aromatic heterocycles. The zero-order valence-corrected chi connectivity index (χ0v) is 25.7. The van der Waals surface area contributed by atoms with Gasteiger partial charge in [-0.15, -0.1) is 0 Å². The van der Waals surface area contributed by atoms with E-state index < -0.39 is 0 Å². The van der Waals surface area contributed by atoms with Crippen LogP contribution in [-0.4, -0.2) is 38.6 Å². The molecular formula is C40H37NO4. The van der Waals surface area contributed by atoms with Gasteiger partial charge in [0.05, 0.1) is 13.2 Å². The number of aryl methyl sites for hydroxylation is 2. The average molecular weight is 596 g/mol. The van der Waals surface area contributed by atoms with Crippen LogP contribution in [0, 0.1) is 13.8 Å². The molecule has 2 aliphatic rings. The second kappa shape index (κ2) is 13.0. The molecule has 45 heavy (non-hydrogen) atoms. The maximum atomic E-state index is 5.90. The largest absolute Gasteiger partial charge is 0.491 e. The van der Waals surface area contributed by atoms with Gasteiger partial charge in [-0.05, 0) is 103 Å². The highest BCUT2D eigenvalue weighted by atomic mass is 16.6. The number of rotatable bonds is 12. The minimum absolute atomic E-state index is 0.225. The Morgan fingerprint density at radius 2 is 0.956 bits per heavy atom. The van der Waals surface area contributed by atoms with E-state index in [-0.39, 0.29) is 12.2 Å². The fourth-order valence-corrected chi connectivity index (χ4v) is 5.22. The lowest BCUT2D eigenvalue weighted by molar-refractivity contribution is 0.263. The first-order valence-electron chi connectivity index (χ1n) is 15.5. The zero-order chi connectivity index (χ0) is 30.6. The fraction of sp³-hybridized carbons (Fsp3) is 0.200. The van der Waals surface area contributed by atoms with E-state index in [4.69, 9.17) is 18.9 Å². The Labute approximate surface area is 265 Å². The minimum atomic E-state index is 0.225. The molecule has 7 rings (SSSR count). The van der Waals surface area contributed by atoms with Crippen molar-refractivity contribution in [2.45, 2.75) is 26.1 Å². The molecule has 2 heterocycles. The third-order valence-electron chi connectivity index (χ3n) is 8.05. The van der Waals surface area contributed by atoms with Gasteiger partial charge >= 0.3 is 0 Å². The van der Waals surface area contributed by atoms with Crippen LogP contribution in [0.5, 0.6) is 11.5 Å². The van der Waals surface area contributed by atoms with Gasteiger partial charge in [0.1, 0.15) is 36.9 Å². The molecule has 2 aliphatic heterocycles. The van der Waals surface area contributed by atoms with Crippen molar-refractivity contribution in [1.82, 2.24) is 0 Å². The summed E-state index contributed by atoms with van der Waals surface area (Å²) in [7, 11) is 0. The van der Waals surface area contributed by atoms with Crippen molar-refractivity contribution in [3.05, 3.63) is 149 Å². The Balaban J connectivity index is 1.20. The summed E-state index contributed by atoms with van der Waals surface area (Å²) in [4.78, 5) is 2.30. The van der Waals surface area contributed by atoms with Crippen molar-refractivity contribution in [1.29, 1.82) is 0 Å². The van der Waals surface area contributed by atoms with Crippen LogP contribution in [0.3, 0.4) is 0 Å². The third-order valence-corrected chi connectivity index (χ3v) is 8.05. The lowest BCUT2D eigenvalue weighted by Gasteiger charge is -2.26. The van der Waals surface area contributed by atoms with E-state index in [1.54, 1.807) is 0 Å². The SMILES string of the molecule is Cc1ccc(N(c2ccc(C)cc2)c2ccc(C=C(c3ccc(OCC4CO4)cc3)c3ccc(OCC4CO4)cc3)cc2)cc1. The van der Waals surface area contributed by atoms with E-state index in [0.717, 1.165) is 64.0 Å². The van der Waals surface area contributed by atoms with Crippen molar-refractivity contribution < 1.29 is 18.9 Å². The molecule has 2 fully saturated rings. The first-order valence-corrected chi connectivity index (χ1v) is 15.5. The van der Waals surface area contributed by atoms with Crippen molar-refractivity contribution >= 4 is 28.7 Å². The Morgan fingerprint density at radius 1 is 0.578 bits per heavy atom. The molecule has 0 spiro atoms. The van der Waals surface area contributed by atoms with Gasteiger partial charge in [-0.25, -0.2) is 0 Å². The zero-order valence-electron chi connectivity index (χ0n) is 25.7. The van der Waals surface area contributed by atoms with Gasteiger partial charge in [-0.1, -0.05) is 71.8 Å². The van der Waals surface area contributed by atoms with Crippen LogP contribution in [-0.2, 0) is 9.47 Å². The highest BCUT2D eigenvalue weighted by Gasteiger charge is 2.24. The molecule has 5 heteroatoms. The number of benzene rings is 5. The maximum absolute atomic E-state index is 5.90. The number of anilines is 3. The van der Waals surface area contributed by atoms with E-state index in [0.29, 0.717) is 13.2 Å². The van der Waals surface area contributed by atoms with Crippen LogP contribution in [0.1, 0.15) is 27.8 Å². The monoisotopic (exact) mass is 595 g/mol. The van der Waals surface area contributed by atoms with E-state index in [2.05, 4.69) is 122 Å². The van der Waals surface area contributed by atoms with Crippen molar-refractivity contribution in [2.75, 3.05) is 31.3 Å². The second-order valence-corrected chi connectivity index (χ2v) is 11.7. The molecule has 0 saturated carbocycles. The summed E-state index contributed by atoms with van der Waals surface area (Å²) >= 11 is 0. The Hall–Kier alpha value is -4.84. The van der Waals surface area contributed by atoms with Crippen molar-refractivity contribution in [3.63, 3.8) is 0 Å². The van der Waals surface area contributed by atoms with E-state index in [9.17, 15) is 0 Å². The molecule has 2 saturated heterocycles. The Kier molecular flexibility index (Phi) is 8.37. The molecule has 0 N–H and O–H groups in total. The molecule has 0 amide bonds. The van der Waals surface area contributed by atoms with Crippen LogP contribution >= 0.6 is 0 Å². The summed E-state index contributed by atoms with van der Waals surface area (Å²) in [5.41, 5.74) is 10.3. The summed E-state index contributed by atoms with van der Waals surface area (Å²) < 4.78 is 22.4. The Morgan fingerprint density at radius 3 is 1.33 bits per heavy atom. The van der Waals surface area contributed by atoms with Gasteiger partial charge in [0.25, 0.3) is 0 Å². The smallest absolute Gasteiger partial charge is 0.119 e. The van der Waals surface area contributed by atoms with Crippen LogP contribution < -0.4 is 14.4 Å². The lowest BCUT2D eigenvalue weighted by Crippen LogP contribution is -2.09. The topological polar surface area (TPSA) is 46.8 Å². The molecule has 0 aliphatic carbocycles. The predicted molar refractivity (Wildman–Crippen MR) is 181 cm³/mol. The van der Waals surface area contributed by atoms with Gasteiger partial charge in [-0.2, -0.15) is 0 Å². The second-order valence-electron chi connectivity index (χ2n) is 11.7. The van der Waals surface area contributed by atoms with Gasteiger partial charge in [0.2, 0.25) is 0 Å². The number of ether oxygens (including phenoxy) is 4. The van der Waals surface area contributed by atoms with Crippen LogP contribution in [0.25, 0.3) is 11.6 Å². The maximum Gasteiger partial charge on any atom is 0.119 e. The first kappa shape index (κ1) is 28.9. The average Bonchev–Trinajstić information content (AvgIpc) is 4.01. The first-order chi connectivity index (χ1) is 22.1. The van der Waals surface area contributed by atoms with Crippen molar-refractivity contribution in [3.8, 4) is 11.5 Å². The molecule has 0 radical (unpaired) electrons. The summed E-state index contributed by atoms with van der Waals surface area (Å²) in [5, 5.41) is 0. The molecule has 2 atom stereocenters. The van der Waals surface area contributed by atoms with E-state index >= 15 is 0 Å². The third kappa shape index (κ3) is 7.46. The molecule has 5 aromatic rings. The number of epoxide rings is 2. The highest BCUT2D eigenvalue weighted by Crippen LogP contribution is 2.36. The quantitative estimate of drug-likeness (QED) is 0.106. The summed E-state index contributed by atoms with van der Waals surface area (Å²) in [6.45, 7) is 6.97. The minimum Gasteiger partial charge on any atom is -0.491 e. The van der Waals surface area contributed by atoms with Gasteiger partial charge in [0.15, 0.2) is 0 Å². The van der Waals surface area contributed by atoms with Gasteiger partial charge in [-0.3, -0.25) is 0 Å². The molecular weight excluding hydrogens is 558 g/mol. The molecule has 5 aromatic carbocycles. The standard InChI is InChI=1S/C40H37NO4/c1-28-3-13-33(14-4-28)41(34-15-5-29(2)6-16-34)35-17-7-30(8-18-35)23-40(31-9-19-36(20-10-31)42-24-38-26-44-38)32-11-21-37(22-12-32)43-25-39-27-45-39/h3-23,38-39H,24-27H2,1-2H3. The van der Waals surface area contributed by atoms with Gasteiger partial charge in [0, 0.05) is 17.1 Å². The lowest BCUT2D eigenvalue weighted by atomic mass is 9.95. The molecule has 0 bridgehead atoms. The summed E-state index contributed by atoms with van der Waals surface area (Å²) in [6.07, 6.45) is 2.69. The Bertz CT molecular complexity index is 1630. The summed E-state index contributed by atoms with van der Waals surface area (Å²) in [6, 6.07) is 42.7. The number of hydrogen-bond donors (Lipinski definition) is 0.